The van der Waals surface area contributed by atoms with Crippen molar-refractivity contribution in [2.45, 2.75) is 97.6 Å². The summed E-state index contributed by atoms with van der Waals surface area (Å²) in [6.45, 7) is 17.8. The van der Waals surface area contributed by atoms with E-state index in [4.69, 9.17) is 28.5 Å². The smallest absolute Gasteiger partial charge is 0.457 e. The standard InChI is InChI=1S/C30H49N5O11SSi/c1-17(2)30(9,10)48-35-19(14-43-27(40)42-13-12-41-11)22(24(35)38)32-23(37)21(34-44-15-20(36)45-28(3,4)5)18-16-47-25(31-18)33-26(39)46-29(6,7)8/h16-17,19,22H,12-15,48H2,1-11H3,(H,32,37)(H,31,33,39)/b34-21-. The second-order valence-corrected chi connectivity index (χ2v) is 17.7. The quantitative estimate of drug-likeness (QED) is 0.0514. The lowest BCUT2D eigenvalue weighted by Crippen LogP contribution is -2.74. The van der Waals surface area contributed by atoms with Gasteiger partial charge in [-0.3, -0.25) is 14.9 Å². The van der Waals surface area contributed by atoms with Crippen molar-refractivity contribution >= 4 is 61.9 Å². The number of amides is 3. The van der Waals surface area contributed by atoms with E-state index in [0.29, 0.717) is 0 Å². The number of esters is 1. The highest BCUT2D eigenvalue weighted by Crippen LogP contribution is 2.36. The number of anilines is 1. The normalized spacial score (nSPS) is 17.2. The Morgan fingerprint density at radius 2 is 1.67 bits per heavy atom. The fraction of sp³-hybridized carbons (Fsp3) is 0.700. The van der Waals surface area contributed by atoms with Crippen molar-refractivity contribution in [2.24, 2.45) is 11.1 Å². The minimum Gasteiger partial charge on any atom is -0.457 e. The first kappa shape index (κ1) is 40.4. The maximum atomic E-state index is 13.7. The zero-order valence-electron chi connectivity index (χ0n) is 29.6. The van der Waals surface area contributed by atoms with E-state index in [9.17, 15) is 24.0 Å². The maximum Gasteiger partial charge on any atom is 0.508 e. The molecule has 2 atom stereocenters. The zero-order chi connectivity index (χ0) is 36.4. The number of aromatic nitrogens is 1. The van der Waals surface area contributed by atoms with Gasteiger partial charge in [0.15, 0.2) is 10.8 Å². The van der Waals surface area contributed by atoms with Crippen LogP contribution >= 0.6 is 11.3 Å². The summed E-state index contributed by atoms with van der Waals surface area (Å²) in [6.07, 6.45) is -1.70. The number of hydrogen-bond donors (Lipinski definition) is 2. The maximum absolute atomic E-state index is 13.7. The van der Waals surface area contributed by atoms with Crippen LogP contribution in [0.25, 0.3) is 0 Å². The third-order valence-corrected chi connectivity index (χ3v) is 10.5. The van der Waals surface area contributed by atoms with E-state index in [2.05, 4.69) is 48.5 Å². The van der Waals surface area contributed by atoms with Crippen LogP contribution in [0.4, 0.5) is 14.7 Å². The molecule has 0 spiro atoms. The Morgan fingerprint density at radius 1 is 1.02 bits per heavy atom. The Kier molecular flexibility index (Phi) is 14.4. The monoisotopic (exact) mass is 715 g/mol. The fourth-order valence-electron chi connectivity index (χ4n) is 3.93. The number of rotatable bonds is 15. The van der Waals surface area contributed by atoms with Gasteiger partial charge in [0, 0.05) is 12.5 Å². The molecule has 1 fully saturated rings. The van der Waals surface area contributed by atoms with Gasteiger partial charge < -0.3 is 38.4 Å². The predicted molar refractivity (Wildman–Crippen MR) is 179 cm³/mol. The minimum atomic E-state index is -1.24. The van der Waals surface area contributed by atoms with Crippen molar-refractivity contribution in [3.63, 3.8) is 0 Å². The summed E-state index contributed by atoms with van der Waals surface area (Å²) in [5, 5.41) is 10.4. The van der Waals surface area contributed by atoms with Crippen LogP contribution in [0.15, 0.2) is 10.5 Å². The Hall–Kier alpha value is -3.77. The van der Waals surface area contributed by atoms with E-state index >= 15 is 0 Å². The highest BCUT2D eigenvalue weighted by Gasteiger charge is 2.50. The van der Waals surface area contributed by atoms with Crippen LogP contribution in [0, 0.1) is 5.92 Å². The summed E-state index contributed by atoms with van der Waals surface area (Å²) in [4.78, 5) is 73.3. The van der Waals surface area contributed by atoms with Gasteiger partial charge in [-0.2, -0.15) is 0 Å². The second-order valence-electron chi connectivity index (χ2n) is 14.0. The van der Waals surface area contributed by atoms with E-state index in [-0.39, 0.29) is 53.2 Å². The van der Waals surface area contributed by atoms with Gasteiger partial charge in [0.1, 0.15) is 45.8 Å². The highest BCUT2D eigenvalue weighted by molar-refractivity contribution is 7.14. The van der Waals surface area contributed by atoms with Crippen molar-refractivity contribution in [3.8, 4) is 0 Å². The van der Waals surface area contributed by atoms with Crippen LogP contribution in [0.2, 0.25) is 5.04 Å². The minimum absolute atomic E-state index is 0.0128. The first-order valence-electron chi connectivity index (χ1n) is 15.4. The van der Waals surface area contributed by atoms with Crippen LogP contribution in [0.1, 0.15) is 74.9 Å². The molecule has 0 aromatic carbocycles. The molecule has 2 heterocycles. The molecule has 2 unspecified atom stereocenters. The van der Waals surface area contributed by atoms with E-state index in [1.165, 1.54) is 12.5 Å². The van der Waals surface area contributed by atoms with E-state index < -0.39 is 63.7 Å². The van der Waals surface area contributed by atoms with Crippen molar-refractivity contribution in [1.29, 1.82) is 0 Å². The Morgan fingerprint density at radius 3 is 2.25 bits per heavy atom. The third-order valence-electron chi connectivity index (χ3n) is 6.97. The molecule has 1 aromatic heterocycles. The number of oxime groups is 1. The number of carbonyl (C=O) groups is 5. The number of nitrogens with zero attached hydrogens (tertiary/aromatic N) is 3. The van der Waals surface area contributed by atoms with Gasteiger partial charge in [-0.1, -0.05) is 32.9 Å². The van der Waals surface area contributed by atoms with Crippen molar-refractivity contribution in [2.75, 3.05) is 38.9 Å². The second kappa shape index (κ2) is 17.1. The van der Waals surface area contributed by atoms with Crippen molar-refractivity contribution in [1.82, 2.24) is 14.9 Å². The molecule has 16 nitrogen and oxygen atoms in total. The number of hydrogen-bond acceptors (Lipinski definition) is 14. The van der Waals surface area contributed by atoms with E-state index in [1.54, 1.807) is 46.1 Å². The summed E-state index contributed by atoms with van der Waals surface area (Å²) in [5.74, 6) is -1.66. The van der Waals surface area contributed by atoms with Gasteiger partial charge in [0.05, 0.1) is 12.6 Å². The average Bonchev–Trinajstić information content (AvgIpc) is 3.39. The van der Waals surface area contributed by atoms with Gasteiger partial charge in [-0.25, -0.2) is 19.4 Å². The van der Waals surface area contributed by atoms with Crippen LogP contribution in [0.3, 0.4) is 0 Å². The molecule has 1 aromatic rings. The molecule has 2 N–H and O–H groups in total. The summed E-state index contributed by atoms with van der Waals surface area (Å²) in [7, 11) is 0.225. The van der Waals surface area contributed by atoms with Crippen LogP contribution in [-0.2, 0) is 42.9 Å². The van der Waals surface area contributed by atoms with Gasteiger partial charge in [-0.05, 0) is 52.5 Å². The summed E-state index contributed by atoms with van der Waals surface area (Å²) < 4.78 is 27.3. The van der Waals surface area contributed by atoms with Gasteiger partial charge in [0.2, 0.25) is 12.5 Å². The molecule has 3 amide bonds. The van der Waals surface area contributed by atoms with Gasteiger partial charge >= 0.3 is 18.2 Å². The lowest BCUT2D eigenvalue weighted by atomic mass is 9.98. The third kappa shape index (κ3) is 13.0. The molecular weight excluding hydrogens is 667 g/mol. The molecular formula is C30H49N5O11SSi. The Labute approximate surface area is 287 Å². The first-order chi connectivity index (χ1) is 22.1. The van der Waals surface area contributed by atoms with Crippen LogP contribution < -0.4 is 10.6 Å². The van der Waals surface area contributed by atoms with E-state index in [1.807, 2.05) is 0 Å². The van der Waals surface area contributed by atoms with Gasteiger partial charge in [0.25, 0.3) is 5.91 Å². The van der Waals surface area contributed by atoms with Crippen molar-refractivity contribution < 1.29 is 52.5 Å². The average molecular weight is 716 g/mol. The Balaban J connectivity index is 2.32. The molecule has 0 aliphatic carbocycles. The molecule has 1 saturated heterocycles. The molecule has 48 heavy (non-hydrogen) atoms. The molecule has 0 bridgehead atoms. The van der Waals surface area contributed by atoms with Gasteiger partial charge in [-0.15, -0.1) is 11.3 Å². The summed E-state index contributed by atoms with van der Waals surface area (Å²) in [5.41, 5.74) is -1.93. The predicted octanol–water partition coefficient (Wildman–Crippen LogP) is 2.99. The molecule has 0 saturated carbocycles. The lowest BCUT2D eigenvalue weighted by Gasteiger charge is -2.50. The number of nitrogens with one attached hydrogen (secondary N) is 2. The molecule has 270 valence electrons. The fourth-order valence-corrected chi connectivity index (χ4v) is 6.76. The molecule has 0 radical (unpaired) electrons. The van der Waals surface area contributed by atoms with Crippen molar-refractivity contribution in [3.05, 3.63) is 11.1 Å². The molecule has 1 aliphatic rings. The highest BCUT2D eigenvalue weighted by atomic mass is 32.1. The molecule has 1 aliphatic heterocycles. The summed E-state index contributed by atoms with van der Waals surface area (Å²) in [6, 6.07) is -1.75. The number of carbonyl (C=O) groups excluding carboxylic acids is 5. The molecule has 18 heteroatoms. The van der Waals surface area contributed by atoms with Crippen LogP contribution in [0.5, 0.6) is 0 Å². The number of β-lactam (4-membered cyclic amide) rings is 1. The number of ether oxygens (including phenoxy) is 5. The topological polar surface area (TPSA) is 193 Å². The van der Waals surface area contributed by atoms with E-state index in [0.717, 1.165) is 11.3 Å². The number of thiazole rings is 1. The SMILES string of the molecule is COCCOC(=O)OCC1C(NC(=O)/C(=N\OCC(=O)OC(C)(C)C)c2csc(NC(=O)OC(C)(C)C)n2)C(=O)N1[SiH2]C(C)(C)C(C)C. The largest absolute Gasteiger partial charge is 0.508 e. The molecule has 2 rings (SSSR count). The first-order valence-corrected chi connectivity index (χ1v) is 17.6. The Bertz CT molecular complexity index is 1340. The zero-order valence-corrected chi connectivity index (χ0v) is 31.8. The number of methoxy groups -OCH3 is 1. The lowest BCUT2D eigenvalue weighted by molar-refractivity contribution is -0.160. The van der Waals surface area contributed by atoms with Crippen LogP contribution in [-0.4, -0.2) is 112 Å². The summed E-state index contributed by atoms with van der Waals surface area (Å²) >= 11 is 0.985.